The van der Waals surface area contributed by atoms with E-state index >= 15 is 0 Å². The third-order valence-corrected chi connectivity index (χ3v) is 3.17. The normalized spacial score (nSPS) is 15.3. The molecule has 20 heavy (non-hydrogen) atoms. The van der Waals surface area contributed by atoms with Gasteiger partial charge in [-0.1, -0.05) is 20.8 Å². The Bertz CT molecular complexity index is 483. The number of halogens is 5. The smallest absolute Gasteiger partial charge is 0.200 e. The fraction of sp³-hybridized carbons (Fsp3) is 0.538. The zero-order valence-corrected chi connectivity index (χ0v) is 11.3. The summed E-state index contributed by atoms with van der Waals surface area (Å²) in [6.07, 6.45) is -2.21. The van der Waals surface area contributed by atoms with Gasteiger partial charge in [0.1, 0.15) is 0 Å². The Morgan fingerprint density at radius 2 is 1.25 bits per heavy atom. The van der Waals surface area contributed by atoms with E-state index < -0.39 is 52.2 Å². The lowest BCUT2D eigenvalue weighted by Crippen LogP contribution is -2.36. The first-order valence-electron chi connectivity index (χ1n) is 5.93. The summed E-state index contributed by atoms with van der Waals surface area (Å²) in [4.78, 5) is 0. The van der Waals surface area contributed by atoms with Crippen molar-refractivity contribution in [1.82, 2.24) is 0 Å². The molecule has 0 fully saturated rings. The van der Waals surface area contributed by atoms with Gasteiger partial charge < -0.3 is 10.8 Å². The SMILES string of the molecule is CC(C)(C)[C@H](N)C[C@H](O)c1c(F)c(F)c(F)c(F)c1F. The summed E-state index contributed by atoms with van der Waals surface area (Å²) in [5, 5.41) is 9.74. The van der Waals surface area contributed by atoms with E-state index in [4.69, 9.17) is 5.73 Å². The summed E-state index contributed by atoms with van der Waals surface area (Å²) in [5.41, 5.74) is 3.98. The molecule has 114 valence electrons. The lowest BCUT2D eigenvalue weighted by molar-refractivity contribution is 0.123. The van der Waals surface area contributed by atoms with Crippen molar-refractivity contribution in [2.24, 2.45) is 11.1 Å². The van der Waals surface area contributed by atoms with Crippen LogP contribution in [0, 0.1) is 34.5 Å². The van der Waals surface area contributed by atoms with Crippen LogP contribution in [0.4, 0.5) is 22.0 Å². The van der Waals surface area contributed by atoms with Crippen LogP contribution in [0.1, 0.15) is 38.9 Å². The highest BCUT2D eigenvalue weighted by molar-refractivity contribution is 5.26. The molecule has 0 spiro atoms. The minimum absolute atomic E-state index is 0.331. The molecular formula is C13H16F5NO. The van der Waals surface area contributed by atoms with Crippen LogP contribution in [0.15, 0.2) is 0 Å². The predicted octanol–water partition coefficient (Wildman–Crippen LogP) is 3.18. The maximum atomic E-state index is 13.5. The first kappa shape index (κ1) is 16.8. The molecule has 0 unspecified atom stereocenters. The number of benzene rings is 1. The molecule has 1 rings (SSSR count). The number of hydrogen-bond donors (Lipinski definition) is 2. The molecule has 0 amide bonds. The van der Waals surface area contributed by atoms with E-state index in [1.54, 1.807) is 20.8 Å². The number of aliphatic hydroxyl groups is 1. The van der Waals surface area contributed by atoms with Crippen LogP contribution in [-0.4, -0.2) is 11.1 Å². The topological polar surface area (TPSA) is 46.2 Å². The van der Waals surface area contributed by atoms with Crippen molar-refractivity contribution in [1.29, 1.82) is 0 Å². The number of aliphatic hydroxyl groups excluding tert-OH is 1. The molecule has 0 radical (unpaired) electrons. The Labute approximate surface area is 113 Å². The van der Waals surface area contributed by atoms with Crippen LogP contribution in [-0.2, 0) is 0 Å². The van der Waals surface area contributed by atoms with E-state index in [0.717, 1.165) is 0 Å². The molecule has 2 atom stereocenters. The van der Waals surface area contributed by atoms with Gasteiger partial charge in [-0.2, -0.15) is 0 Å². The first-order chi connectivity index (χ1) is 8.98. The Balaban J connectivity index is 3.21. The molecule has 0 aliphatic heterocycles. The summed E-state index contributed by atoms with van der Waals surface area (Å²) in [6, 6.07) is -0.688. The first-order valence-corrected chi connectivity index (χ1v) is 5.93. The number of hydrogen-bond acceptors (Lipinski definition) is 2. The van der Waals surface area contributed by atoms with Crippen molar-refractivity contribution in [3.8, 4) is 0 Å². The van der Waals surface area contributed by atoms with Gasteiger partial charge >= 0.3 is 0 Å². The standard InChI is InChI=1S/C13H16F5NO/c1-13(2,3)6(19)4-5(20)7-8(14)10(16)12(18)11(17)9(7)15/h5-6,20H,4,19H2,1-3H3/t5-,6+/m0/s1. The Morgan fingerprint density at radius 3 is 1.60 bits per heavy atom. The molecule has 3 N–H and O–H groups in total. The van der Waals surface area contributed by atoms with E-state index in [2.05, 4.69) is 0 Å². The van der Waals surface area contributed by atoms with Gasteiger partial charge in [0.15, 0.2) is 23.3 Å². The Kier molecular flexibility index (Phi) is 4.76. The monoisotopic (exact) mass is 297 g/mol. The van der Waals surface area contributed by atoms with Gasteiger partial charge in [-0.05, 0) is 11.8 Å². The summed E-state index contributed by atoms with van der Waals surface area (Å²) < 4.78 is 65.9. The van der Waals surface area contributed by atoms with Crippen molar-refractivity contribution >= 4 is 0 Å². The highest BCUT2D eigenvalue weighted by Gasteiger charge is 2.32. The van der Waals surface area contributed by atoms with Crippen LogP contribution in [0.2, 0.25) is 0 Å². The maximum absolute atomic E-state index is 13.5. The average molecular weight is 297 g/mol. The lowest BCUT2D eigenvalue weighted by atomic mass is 9.83. The van der Waals surface area contributed by atoms with E-state index in [0.29, 0.717) is 0 Å². The number of nitrogens with two attached hydrogens (primary N) is 1. The minimum atomic E-state index is -2.25. The van der Waals surface area contributed by atoms with Crippen LogP contribution < -0.4 is 5.73 Å². The molecule has 7 heteroatoms. The van der Waals surface area contributed by atoms with Crippen molar-refractivity contribution in [3.63, 3.8) is 0 Å². The van der Waals surface area contributed by atoms with E-state index in [9.17, 15) is 27.1 Å². The second-order valence-corrected chi connectivity index (χ2v) is 5.71. The van der Waals surface area contributed by atoms with Crippen LogP contribution in [0.5, 0.6) is 0 Å². The van der Waals surface area contributed by atoms with Gasteiger partial charge in [0.2, 0.25) is 5.82 Å². The quantitative estimate of drug-likeness (QED) is 0.511. The molecule has 0 saturated heterocycles. The maximum Gasteiger partial charge on any atom is 0.200 e. The summed E-state index contributed by atoms with van der Waals surface area (Å²) in [5.74, 6) is -10.5. The van der Waals surface area contributed by atoms with Gasteiger partial charge in [0, 0.05) is 6.04 Å². The second-order valence-electron chi connectivity index (χ2n) is 5.71. The third kappa shape index (κ3) is 3.09. The van der Waals surface area contributed by atoms with E-state index in [1.165, 1.54) is 0 Å². The summed E-state index contributed by atoms with van der Waals surface area (Å²) >= 11 is 0. The predicted molar refractivity (Wildman–Crippen MR) is 63.2 cm³/mol. The fourth-order valence-corrected chi connectivity index (χ4v) is 1.63. The van der Waals surface area contributed by atoms with Crippen molar-refractivity contribution < 1.29 is 27.1 Å². The van der Waals surface area contributed by atoms with Gasteiger partial charge in [-0.3, -0.25) is 0 Å². The highest BCUT2D eigenvalue weighted by Crippen LogP contribution is 2.32. The van der Waals surface area contributed by atoms with Gasteiger partial charge in [-0.15, -0.1) is 0 Å². The van der Waals surface area contributed by atoms with Gasteiger partial charge in [0.25, 0.3) is 0 Å². The van der Waals surface area contributed by atoms with Crippen LogP contribution in [0.25, 0.3) is 0 Å². The summed E-state index contributed by atoms with van der Waals surface area (Å²) in [6.45, 7) is 5.18. The van der Waals surface area contributed by atoms with Crippen molar-refractivity contribution in [2.75, 3.05) is 0 Å². The Hall–Kier alpha value is -1.21. The average Bonchev–Trinajstić information content (AvgIpc) is 2.33. The highest BCUT2D eigenvalue weighted by atomic mass is 19.2. The van der Waals surface area contributed by atoms with Crippen LogP contribution in [0.3, 0.4) is 0 Å². The Morgan fingerprint density at radius 1 is 0.900 bits per heavy atom. The summed E-state index contributed by atoms with van der Waals surface area (Å²) in [7, 11) is 0. The molecule has 2 nitrogen and oxygen atoms in total. The number of rotatable bonds is 3. The molecule has 0 aliphatic rings. The molecule has 0 saturated carbocycles. The molecule has 0 bridgehead atoms. The van der Waals surface area contributed by atoms with Crippen molar-refractivity contribution in [2.45, 2.75) is 39.3 Å². The molecule has 1 aromatic carbocycles. The molecule has 0 aliphatic carbocycles. The fourth-order valence-electron chi connectivity index (χ4n) is 1.63. The third-order valence-electron chi connectivity index (χ3n) is 3.17. The van der Waals surface area contributed by atoms with Gasteiger partial charge in [-0.25, -0.2) is 22.0 Å². The van der Waals surface area contributed by atoms with E-state index in [-0.39, 0.29) is 6.42 Å². The zero-order chi connectivity index (χ0) is 15.8. The lowest BCUT2D eigenvalue weighted by Gasteiger charge is -2.29. The minimum Gasteiger partial charge on any atom is -0.388 e. The second kappa shape index (κ2) is 5.65. The molecule has 1 aromatic rings. The van der Waals surface area contributed by atoms with Gasteiger partial charge in [0.05, 0.1) is 11.7 Å². The molecule has 0 aromatic heterocycles. The molecular weight excluding hydrogens is 281 g/mol. The largest absolute Gasteiger partial charge is 0.388 e. The van der Waals surface area contributed by atoms with E-state index in [1.807, 2.05) is 0 Å². The molecule has 0 heterocycles. The van der Waals surface area contributed by atoms with Crippen molar-refractivity contribution in [3.05, 3.63) is 34.6 Å². The zero-order valence-electron chi connectivity index (χ0n) is 11.3. The van der Waals surface area contributed by atoms with Crippen LogP contribution >= 0.6 is 0 Å².